The third kappa shape index (κ3) is 1.96. The third-order valence-corrected chi connectivity index (χ3v) is 2.81. The van der Waals surface area contributed by atoms with Crippen molar-refractivity contribution in [1.82, 2.24) is 4.90 Å². The van der Waals surface area contributed by atoms with E-state index in [1.165, 1.54) is 4.90 Å². The fourth-order valence-electron chi connectivity index (χ4n) is 2.16. The average Bonchev–Trinajstić information content (AvgIpc) is 2.35. The zero-order valence-corrected chi connectivity index (χ0v) is 9.90. The Morgan fingerprint density at radius 1 is 1.50 bits per heavy atom. The van der Waals surface area contributed by atoms with E-state index in [-0.39, 0.29) is 17.9 Å². The summed E-state index contributed by atoms with van der Waals surface area (Å²) in [5.41, 5.74) is -0.558. The number of fused-ring (bicyclic) bond motifs is 2. The van der Waals surface area contributed by atoms with Crippen LogP contribution in [-0.4, -0.2) is 28.5 Å². The number of nitrogens with zero attached hydrogens (tertiary/aromatic N) is 1. The van der Waals surface area contributed by atoms with Crippen LogP contribution >= 0.6 is 0 Å². The Bertz CT molecular complexity index is 354. The van der Waals surface area contributed by atoms with Crippen molar-refractivity contribution in [3.8, 4) is 0 Å². The van der Waals surface area contributed by atoms with Gasteiger partial charge in [-0.1, -0.05) is 12.2 Å². The van der Waals surface area contributed by atoms with E-state index in [2.05, 4.69) is 0 Å². The van der Waals surface area contributed by atoms with Crippen molar-refractivity contribution < 1.29 is 14.3 Å². The quantitative estimate of drug-likeness (QED) is 0.591. The minimum absolute atomic E-state index is 0.0254. The van der Waals surface area contributed by atoms with Crippen LogP contribution in [0, 0.1) is 5.92 Å². The number of hydrogen-bond acceptors (Lipinski definition) is 3. The van der Waals surface area contributed by atoms with Crippen LogP contribution in [0.2, 0.25) is 0 Å². The van der Waals surface area contributed by atoms with Gasteiger partial charge >= 0.3 is 6.09 Å². The Kier molecular flexibility index (Phi) is 2.52. The standard InChI is InChI=1S/C12H17NO3/c1-12(2,3)16-11(15)13-9-6-4-5-8(7-9)10(13)14/h4,6,8-9H,5,7H2,1-3H3/t8-,9+/m0/s1. The summed E-state index contributed by atoms with van der Waals surface area (Å²) in [6.45, 7) is 5.40. The predicted molar refractivity (Wildman–Crippen MR) is 58.7 cm³/mol. The van der Waals surface area contributed by atoms with E-state index >= 15 is 0 Å². The lowest BCUT2D eigenvalue weighted by molar-refractivity contribution is -0.130. The van der Waals surface area contributed by atoms with E-state index in [0.717, 1.165) is 12.8 Å². The first-order chi connectivity index (χ1) is 7.38. The van der Waals surface area contributed by atoms with E-state index in [0.29, 0.717) is 0 Å². The number of imide groups is 1. The Balaban J connectivity index is 2.13. The van der Waals surface area contributed by atoms with Crippen LogP contribution in [0.25, 0.3) is 0 Å². The highest BCUT2D eigenvalue weighted by atomic mass is 16.6. The first kappa shape index (κ1) is 11.2. The molecule has 0 aromatic carbocycles. The maximum Gasteiger partial charge on any atom is 0.417 e. The van der Waals surface area contributed by atoms with E-state index in [9.17, 15) is 9.59 Å². The van der Waals surface area contributed by atoms with Crippen LogP contribution in [0.4, 0.5) is 4.79 Å². The van der Waals surface area contributed by atoms with Crippen molar-refractivity contribution in [3.63, 3.8) is 0 Å². The van der Waals surface area contributed by atoms with Crippen LogP contribution in [-0.2, 0) is 9.53 Å². The van der Waals surface area contributed by atoms with Gasteiger partial charge in [0.2, 0.25) is 5.91 Å². The Morgan fingerprint density at radius 3 is 2.75 bits per heavy atom. The Labute approximate surface area is 95.2 Å². The lowest BCUT2D eigenvalue weighted by Gasteiger charge is -2.25. The van der Waals surface area contributed by atoms with Gasteiger partial charge in [0, 0.05) is 5.92 Å². The number of hydrogen-bond donors (Lipinski definition) is 0. The molecule has 1 aliphatic carbocycles. The summed E-state index contributed by atoms with van der Waals surface area (Å²) in [4.78, 5) is 25.0. The molecule has 0 radical (unpaired) electrons. The lowest BCUT2D eigenvalue weighted by Crippen LogP contribution is -2.41. The second-order valence-electron chi connectivity index (χ2n) is 5.35. The summed E-state index contributed by atoms with van der Waals surface area (Å²) < 4.78 is 5.23. The lowest BCUT2D eigenvalue weighted by atomic mass is 9.96. The molecule has 1 heterocycles. The Morgan fingerprint density at radius 2 is 2.19 bits per heavy atom. The summed E-state index contributed by atoms with van der Waals surface area (Å²) in [7, 11) is 0. The van der Waals surface area contributed by atoms with Crippen molar-refractivity contribution in [2.24, 2.45) is 5.92 Å². The fraction of sp³-hybridized carbons (Fsp3) is 0.667. The minimum Gasteiger partial charge on any atom is -0.443 e. The second kappa shape index (κ2) is 3.61. The Hall–Kier alpha value is -1.32. The van der Waals surface area contributed by atoms with E-state index < -0.39 is 11.7 Å². The maximum absolute atomic E-state index is 11.9. The molecule has 0 aromatic rings. The molecule has 1 saturated heterocycles. The first-order valence-corrected chi connectivity index (χ1v) is 5.61. The first-order valence-electron chi connectivity index (χ1n) is 5.61. The molecule has 0 unspecified atom stereocenters. The molecule has 1 fully saturated rings. The topological polar surface area (TPSA) is 46.6 Å². The summed E-state index contributed by atoms with van der Waals surface area (Å²) in [5, 5.41) is 0. The number of carbonyl (C=O) groups is 2. The molecule has 0 aromatic heterocycles. The molecular weight excluding hydrogens is 206 g/mol. The van der Waals surface area contributed by atoms with E-state index in [1.807, 2.05) is 12.2 Å². The molecule has 4 nitrogen and oxygen atoms in total. The molecule has 88 valence electrons. The molecule has 16 heavy (non-hydrogen) atoms. The molecule has 4 heteroatoms. The van der Waals surface area contributed by atoms with Crippen LogP contribution in [0.1, 0.15) is 33.6 Å². The molecule has 0 spiro atoms. The normalized spacial score (nSPS) is 28.4. The minimum atomic E-state index is -0.558. The molecule has 0 N–H and O–H groups in total. The van der Waals surface area contributed by atoms with E-state index in [1.54, 1.807) is 20.8 Å². The van der Waals surface area contributed by atoms with Gasteiger partial charge in [-0.25, -0.2) is 9.69 Å². The van der Waals surface area contributed by atoms with Crippen LogP contribution in [0.3, 0.4) is 0 Å². The molecular formula is C12H17NO3. The highest BCUT2D eigenvalue weighted by Crippen LogP contribution is 2.33. The number of likely N-dealkylation sites (tertiary alicyclic amines) is 1. The SMILES string of the molecule is CC(C)(C)OC(=O)N1C(=O)[C@H]2CC=C[C@@H]1C2. The second-order valence-corrected chi connectivity index (χ2v) is 5.35. The van der Waals surface area contributed by atoms with Gasteiger partial charge in [0.15, 0.2) is 0 Å². The highest BCUT2D eigenvalue weighted by molar-refractivity contribution is 5.96. The predicted octanol–water partition coefficient (Wildman–Crippen LogP) is 2.10. The van der Waals surface area contributed by atoms with Crippen LogP contribution < -0.4 is 0 Å². The van der Waals surface area contributed by atoms with Gasteiger partial charge in [0.25, 0.3) is 0 Å². The molecule has 2 bridgehead atoms. The summed E-state index contributed by atoms with van der Waals surface area (Å²) in [6.07, 6.45) is 4.87. The van der Waals surface area contributed by atoms with Gasteiger partial charge in [0.1, 0.15) is 5.60 Å². The molecule has 2 atom stereocenters. The number of carbonyl (C=O) groups excluding carboxylic acids is 2. The van der Waals surface area contributed by atoms with Crippen LogP contribution in [0.15, 0.2) is 12.2 Å². The van der Waals surface area contributed by atoms with Crippen molar-refractivity contribution in [2.75, 3.05) is 0 Å². The van der Waals surface area contributed by atoms with Crippen molar-refractivity contribution in [3.05, 3.63) is 12.2 Å². The largest absolute Gasteiger partial charge is 0.443 e. The van der Waals surface area contributed by atoms with Gasteiger partial charge in [-0.3, -0.25) is 4.79 Å². The van der Waals surface area contributed by atoms with Gasteiger partial charge in [-0.15, -0.1) is 0 Å². The molecule has 0 saturated carbocycles. The number of ether oxygens (including phenoxy) is 1. The number of allylic oxidation sites excluding steroid dienone is 1. The molecule has 2 rings (SSSR count). The number of amides is 2. The fourth-order valence-corrected chi connectivity index (χ4v) is 2.16. The van der Waals surface area contributed by atoms with Crippen LogP contribution in [0.5, 0.6) is 0 Å². The molecule has 1 aliphatic heterocycles. The van der Waals surface area contributed by atoms with Gasteiger partial charge in [0.05, 0.1) is 6.04 Å². The van der Waals surface area contributed by atoms with Gasteiger partial charge in [-0.05, 0) is 33.6 Å². The van der Waals surface area contributed by atoms with Crippen molar-refractivity contribution >= 4 is 12.0 Å². The van der Waals surface area contributed by atoms with Crippen molar-refractivity contribution in [1.29, 1.82) is 0 Å². The van der Waals surface area contributed by atoms with Gasteiger partial charge < -0.3 is 4.74 Å². The smallest absolute Gasteiger partial charge is 0.417 e. The zero-order valence-electron chi connectivity index (χ0n) is 9.90. The summed E-state index contributed by atoms with van der Waals surface area (Å²) >= 11 is 0. The monoisotopic (exact) mass is 223 g/mol. The number of rotatable bonds is 0. The zero-order chi connectivity index (χ0) is 11.9. The maximum atomic E-state index is 11.9. The van der Waals surface area contributed by atoms with Gasteiger partial charge in [-0.2, -0.15) is 0 Å². The third-order valence-electron chi connectivity index (χ3n) is 2.81. The molecule has 2 amide bonds. The average molecular weight is 223 g/mol. The molecule has 2 aliphatic rings. The van der Waals surface area contributed by atoms with Crippen molar-refractivity contribution in [2.45, 2.75) is 45.3 Å². The summed E-state index contributed by atoms with van der Waals surface area (Å²) in [5.74, 6) is -0.119. The summed E-state index contributed by atoms with van der Waals surface area (Å²) in [6, 6.07) is -0.0962. The highest BCUT2D eigenvalue weighted by Gasteiger charge is 2.44. The van der Waals surface area contributed by atoms with E-state index in [4.69, 9.17) is 4.74 Å².